The molecule has 2 heterocycles. The Bertz CT molecular complexity index is 1120. The molecule has 0 spiro atoms. The van der Waals surface area contributed by atoms with Crippen LogP contribution in [-0.4, -0.2) is 26.2 Å². The summed E-state index contributed by atoms with van der Waals surface area (Å²) in [5.41, 5.74) is 4.24. The third-order valence-corrected chi connectivity index (χ3v) is 4.45. The van der Waals surface area contributed by atoms with E-state index in [-0.39, 0.29) is 5.56 Å². The number of nitrogens with zero attached hydrogens (tertiary/aromatic N) is 2. The zero-order valence-electron chi connectivity index (χ0n) is 14.8. The van der Waals surface area contributed by atoms with Crippen LogP contribution >= 0.6 is 0 Å². The summed E-state index contributed by atoms with van der Waals surface area (Å²) in [7, 11) is 0. The molecule has 0 aliphatic carbocycles. The molecule has 2 aromatic heterocycles. The van der Waals surface area contributed by atoms with Gasteiger partial charge in [-0.25, -0.2) is 4.98 Å². The van der Waals surface area contributed by atoms with Gasteiger partial charge in [0.25, 0.3) is 5.56 Å². The number of hydrogen-bond donors (Lipinski definition) is 2. The van der Waals surface area contributed by atoms with Crippen molar-refractivity contribution in [2.24, 2.45) is 0 Å². The summed E-state index contributed by atoms with van der Waals surface area (Å²) in [6, 6.07) is 17.1. The molecule has 1 unspecified atom stereocenters. The maximum absolute atomic E-state index is 12.5. The third-order valence-electron chi connectivity index (χ3n) is 4.45. The van der Waals surface area contributed by atoms with Crippen molar-refractivity contribution in [3.8, 4) is 16.8 Å². The number of fused-ring (bicyclic) bond motifs is 1. The monoisotopic (exact) mass is 361 g/mol. The lowest BCUT2D eigenvalue weighted by Gasteiger charge is -2.11. The average molecular weight is 361 g/mol. The number of H-pyrrole nitrogens is 1. The van der Waals surface area contributed by atoms with E-state index < -0.39 is 6.29 Å². The van der Waals surface area contributed by atoms with Gasteiger partial charge in [-0.05, 0) is 24.6 Å². The highest BCUT2D eigenvalue weighted by molar-refractivity contribution is 5.93. The van der Waals surface area contributed by atoms with Gasteiger partial charge in [0.1, 0.15) is 11.0 Å². The van der Waals surface area contributed by atoms with Gasteiger partial charge in [-0.2, -0.15) is 0 Å². The van der Waals surface area contributed by atoms with Crippen LogP contribution in [0.3, 0.4) is 0 Å². The Kier molecular flexibility index (Phi) is 4.58. The van der Waals surface area contributed by atoms with Gasteiger partial charge in [-0.3, -0.25) is 4.79 Å². The lowest BCUT2D eigenvalue weighted by Crippen LogP contribution is -2.09. The molecular weight excluding hydrogens is 342 g/mol. The molecular formula is C21H19N3O3. The molecule has 6 heteroatoms. The second kappa shape index (κ2) is 7.19. The van der Waals surface area contributed by atoms with Crippen molar-refractivity contribution in [1.82, 2.24) is 14.5 Å². The number of para-hydroxylation sites is 1. The fourth-order valence-corrected chi connectivity index (χ4v) is 3.15. The van der Waals surface area contributed by atoms with Crippen LogP contribution in [0, 0.1) is 0 Å². The molecule has 2 aromatic carbocycles. The Morgan fingerprint density at radius 1 is 1.15 bits per heavy atom. The number of ether oxygens (including phenoxy) is 1. The van der Waals surface area contributed by atoms with E-state index in [4.69, 9.17) is 4.74 Å². The van der Waals surface area contributed by atoms with Crippen molar-refractivity contribution in [1.29, 1.82) is 0 Å². The van der Waals surface area contributed by atoms with E-state index in [0.717, 1.165) is 16.8 Å². The third kappa shape index (κ3) is 3.16. The van der Waals surface area contributed by atoms with Crippen LogP contribution in [0.25, 0.3) is 27.8 Å². The van der Waals surface area contributed by atoms with E-state index >= 15 is 0 Å². The lowest BCUT2D eigenvalue weighted by molar-refractivity contribution is -0.0979. The van der Waals surface area contributed by atoms with Crippen LogP contribution in [0.15, 0.2) is 71.9 Å². The molecule has 0 bridgehead atoms. The first-order valence-corrected chi connectivity index (χ1v) is 8.73. The van der Waals surface area contributed by atoms with Gasteiger partial charge in [-0.1, -0.05) is 42.5 Å². The number of aliphatic hydroxyl groups excluding tert-OH is 1. The van der Waals surface area contributed by atoms with E-state index in [2.05, 4.69) is 9.97 Å². The molecule has 6 nitrogen and oxygen atoms in total. The minimum Gasteiger partial charge on any atom is -0.364 e. The zero-order chi connectivity index (χ0) is 18.8. The Morgan fingerprint density at radius 3 is 2.59 bits per heavy atom. The highest BCUT2D eigenvalue weighted by Gasteiger charge is 2.16. The number of rotatable bonds is 5. The Balaban J connectivity index is 1.86. The van der Waals surface area contributed by atoms with Crippen LogP contribution in [0.5, 0.6) is 0 Å². The summed E-state index contributed by atoms with van der Waals surface area (Å²) < 4.78 is 7.06. The minimum absolute atomic E-state index is 0.196. The van der Waals surface area contributed by atoms with Crippen LogP contribution in [0.2, 0.25) is 0 Å². The molecule has 27 heavy (non-hydrogen) atoms. The standard InChI is InChI=1S/C21H19N3O3/c1-2-27-21(26)15-10-8-14(9-11-15)17-12-24(16-6-4-3-5-7-16)19-18(17)22-13-23-20(19)25/h3-13,21,26H,2H2,1H3,(H,22,23,25). The molecule has 4 rings (SSSR count). The summed E-state index contributed by atoms with van der Waals surface area (Å²) in [6.07, 6.45) is 2.38. The van der Waals surface area contributed by atoms with E-state index in [9.17, 15) is 9.90 Å². The number of aromatic nitrogens is 3. The summed E-state index contributed by atoms with van der Waals surface area (Å²) in [5, 5.41) is 9.96. The number of hydrogen-bond acceptors (Lipinski definition) is 4. The minimum atomic E-state index is -0.948. The predicted octanol–water partition coefficient (Wildman–Crippen LogP) is 3.41. The molecule has 0 aliphatic rings. The molecule has 0 fully saturated rings. The fraction of sp³-hybridized carbons (Fsp3) is 0.143. The van der Waals surface area contributed by atoms with Gasteiger partial charge in [-0.15, -0.1) is 0 Å². The molecule has 136 valence electrons. The Morgan fingerprint density at radius 2 is 1.89 bits per heavy atom. The van der Waals surface area contributed by atoms with E-state index in [1.165, 1.54) is 6.33 Å². The molecule has 0 amide bonds. The van der Waals surface area contributed by atoms with Crippen molar-refractivity contribution < 1.29 is 9.84 Å². The van der Waals surface area contributed by atoms with E-state index in [1.807, 2.05) is 72.3 Å². The fourth-order valence-electron chi connectivity index (χ4n) is 3.15. The smallest absolute Gasteiger partial charge is 0.275 e. The zero-order valence-corrected chi connectivity index (χ0v) is 14.8. The molecule has 0 radical (unpaired) electrons. The summed E-state index contributed by atoms with van der Waals surface area (Å²) in [6.45, 7) is 2.26. The predicted molar refractivity (Wildman–Crippen MR) is 104 cm³/mol. The number of nitrogens with one attached hydrogen (secondary N) is 1. The largest absolute Gasteiger partial charge is 0.364 e. The van der Waals surface area contributed by atoms with E-state index in [0.29, 0.717) is 23.2 Å². The second-order valence-electron chi connectivity index (χ2n) is 6.11. The second-order valence-corrected chi connectivity index (χ2v) is 6.11. The van der Waals surface area contributed by atoms with Gasteiger partial charge in [0.2, 0.25) is 0 Å². The van der Waals surface area contributed by atoms with Gasteiger partial charge in [0.05, 0.1) is 6.33 Å². The lowest BCUT2D eigenvalue weighted by atomic mass is 10.1. The van der Waals surface area contributed by atoms with Gasteiger partial charge >= 0.3 is 0 Å². The Hall–Kier alpha value is -3.22. The number of benzene rings is 2. The maximum atomic E-state index is 12.5. The molecule has 0 aliphatic heterocycles. The van der Waals surface area contributed by atoms with Crippen molar-refractivity contribution >= 4 is 11.0 Å². The van der Waals surface area contributed by atoms with Crippen LogP contribution in [0.4, 0.5) is 0 Å². The molecule has 2 N–H and O–H groups in total. The quantitative estimate of drug-likeness (QED) is 0.534. The first kappa shape index (κ1) is 17.2. The molecule has 4 aromatic rings. The maximum Gasteiger partial charge on any atom is 0.275 e. The number of aromatic amines is 1. The van der Waals surface area contributed by atoms with Gasteiger partial charge < -0.3 is 19.4 Å². The molecule has 0 saturated carbocycles. The topological polar surface area (TPSA) is 80.1 Å². The normalized spacial score (nSPS) is 12.4. The van der Waals surface area contributed by atoms with Crippen LogP contribution < -0.4 is 5.56 Å². The van der Waals surface area contributed by atoms with E-state index in [1.54, 1.807) is 0 Å². The van der Waals surface area contributed by atoms with Gasteiger partial charge in [0.15, 0.2) is 6.29 Å². The summed E-state index contributed by atoms with van der Waals surface area (Å²) in [5.74, 6) is 0. The molecule has 1 atom stereocenters. The van der Waals surface area contributed by atoms with Gasteiger partial charge in [0, 0.05) is 29.6 Å². The van der Waals surface area contributed by atoms with Crippen molar-refractivity contribution in [3.05, 3.63) is 83.0 Å². The number of aliphatic hydroxyl groups is 1. The highest BCUT2D eigenvalue weighted by Crippen LogP contribution is 2.30. The first-order chi connectivity index (χ1) is 13.2. The summed E-state index contributed by atoms with van der Waals surface area (Å²) in [4.78, 5) is 19.5. The Labute approximate surface area is 155 Å². The van der Waals surface area contributed by atoms with Crippen molar-refractivity contribution in [3.63, 3.8) is 0 Å². The van der Waals surface area contributed by atoms with Crippen LogP contribution in [0.1, 0.15) is 18.8 Å². The highest BCUT2D eigenvalue weighted by atomic mass is 16.6. The SMILES string of the molecule is CCOC(O)c1ccc(-c2cn(-c3ccccc3)c3c(=O)[nH]cnc23)cc1. The summed E-state index contributed by atoms with van der Waals surface area (Å²) >= 11 is 0. The van der Waals surface area contributed by atoms with Crippen molar-refractivity contribution in [2.75, 3.05) is 6.61 Å². The van der Waals surface area contributed by atoms with Crippen LogP contribution in [-0.2, 0) is 4.74 Å². The average Bonchev–Trinajstić information content (AvgIpc) is 3.10. The molecule has 0 saturated heterocycles. The van der Waals surface area contributed by atoms with Crippen molar-refractivity contribution in [2.45, 2.75) is 13.2 Å². The first-order valence-electron chi connectivity index (χ1n) is 8.73.